The number of rotatable bonds is 2. The zero-order valence-corrected chi connectivity index (χ0v) is 12.2. The molecule has 0 saturated heterocycles. The smallest absolute Gasteiger partial charge is 0.257 e. The fraction of sp³-hybridized carbons (Fsp3) is 0.533. The van der Waals surface area contributed by atoms with Crippen molar-refractivity contribution in [2.75, 3.05) is 0 Å². The largest absolute Gasteiger partial charge is 0.431 e. The number of hydrogen-bond acceptors (Lipinski definition) is 4. The van der Waals surface area contributed by atoms with E-state index in [1.54, 1.807) is 11.8 Å². The molecule has 0 bridgehead atoms. The molecule has 0 amide bonds. The highest BCUT2D eigenvalue weighted by atomic mass is 32.2. The standard InChI is InChI=1S/C15H20N2OS/c1-15(2)8-7-10(16)13(9-15)19-14-17-11-5-3-4-6-12(11)18-14/h3-6,10,13H,7-9,16H2,1-2H3. The van der Waals surface area contributed by atoms with Gasteiger partial charge in [-0.05, 0) is 36.8 Å². The van der Waals surface area contributed by atoms with E-state index in [2.05, 4.69) is 18.8 Å². The van der Waals surface area contributed by atoms with Crippen molar-refractivity contribution in [1.82, 2.24) is 4.98 Å². The lowest BCUT2D eigenvalue weighted by molar-refractivity contribution is 0.231. The third kappa shape index (κ3) is 2.79. The second-order valence-electron chi connectivity index (χ2n) is 6.17. The maximum atomic E-state index is 6.25. The quantitative estimate of drug-likeness (QED) is 0.905. The van der Waals surface area contributed by atoms with Crippen molar-refractivity contribution in [3.05, 3.63) is 24.3 Å². The Hall–Kier alpha value is -1.00. The van der Waals surface area contributed by atoms with Gasteiger partial charge in [0.2, 0.25) is 0 Å². The normalized spacial score (nSPS) is 26.7. The maximum absolute atomic E-state index is 6.25. The van der Waals surface area contributed by atoms with E-state index in [-0.39, 0.29) is 6.04 Å². The molecule has 4 heteroatoms. The second kappa shape index (κ2) is 4.84. The number of aromatic nitrogens is 1. The lowest BCUT2D eigenvalue weighted by atomic mass is 9.75. The van der Waals surface area contributed by atoms with Gasteiger partial charge in [-0.2, -0.15) is 0 Å². The zero-order chi connectivity index (χ0) is 13.5. The van der Waals surface area contributed by atoms with Crippen molar-refractivity contribution in [2.45, 2.75) is 49.6 Å². The SMILES string of the molecule is CC1(C)CCC(N)C(Sc2nc3ccccc3o2)C1. The van der Waals surface area contributed by atoms with Crippen LogP contribution in [-0.4, -0.2) is 16.3 Å². The number of nitrogens with zero attached hydrogens (tertiary/aromatic N) is 1. The van der Waals surface area contributed by atoms with Gasteiger partial charge in [-0.3, -0.25) is 0 Å². The van der Waals surface area contributed by atoms with Gasteiger partial charge in [-0.15, -0.1) is 0 Å². The van der Waals surface area contributed by atoms with Crippen molar-refractivity contribution < 1.29 is 4.42 Å². The fourth-order valence-electron chi connectivity index (χ4n) is 2.70. The predicted molar refractivity (Wildman–Crippen MR) is 79.3 cm³/mol. The van der Waals surface area contributed by atoms with E-state index in [1.165, 1.54) is 6.42 Å². The summed E-state index contributed by atoms with van der Waals surface area (Å²) in [6, 6.07) is 8.13. The number of hydrogen-bond donors (Lipinski definition) is 1. The minimum Gasteiger partial charge on any atom is -0.431 e. The summed E-state index contributed by atoms with van der Waals surface area (Å²) < 4.78 is 5.78. The first-order chi connectivity index (χ1) is 9.03. The summed E-state index contributed by atoms with van der Waals surface area (Å²) in [4.78, 5) is 4.53. The predicted octanol–water partition coefficient (Wildman–Crippen LogP) is 3.83. The Labute approximate surface area is 118 Å². The number of benzene rings is 1. The maximum Gasteiger partial charge on any atom is 0.257 e. The summed E-state index contributed by atoms with van der Waals surface area (Å²) in [7, 11) is 0. The van der Waals surface area contributed by atoms with Crippen LogP contribution < -0.4 is 5.73 Å². The monoisotopic (exact) mass is 276 g/mol. The molecule has 2 unspecified atom stereocenters. The molecule has 2 aromatic rings. The highest BCUT2D eigenvalue weighted by Crippen LogP contribution is 2.42. The van der Waals surface area contributed by atoms with E-state index < -0.39 is 0 Å². The summed E-state index contributed by atoms with van der Waals surface area (Å²) in [5.41, 5.74) is 8.41. The minimum absolute atomic E-state index is 0.244. The first-order valence-corrected chi connectivity index (χ1v) is 7.69. The van der Waals surface area contributed by atoms with Crippen molar-refractivity contribution >= 4 is 22.9 Å². The average Bonchev–Trinajstić information content (AvgIpc) is 2.76. The third-order valence-corrected chi connectivity index (χ3v) is 5.11. The van der Waals surface area contributed by atoms with Crippen LogP contribution in [0.5, 0.6) is 0 Å². The molecular weight excluding hydrogens is 256 g/mol. The van der Waals surface area contributed by atoms with Crippen LogP contribution in [0.4, 0.5) is 0 Å². The van der Waals surface area contributed by atoms with Gasteiger partial charge in [0.15, 0.2) is 5.58 Å². The van der Waals surface area contributed by atoms with Crippen LogP contribution in [0.2, 0.25) is 0 Å². The molecule has 1 aliphatic rings. The molecule has 1 saturated carbocycles. The Morgan fingerprint density at radius 2 is 2.16 bits per heavy atom. The van der Waals surface area contributed by atoms with Gasteiger partial charge in [-0.25, -0.2) is 4.98 Å². The molecule has 3 nitrogen and oxygen atoms in total. The number of para-hydroxylation sites is 2. The molecule has 1 heterocycles. The van der Waals surface area contributed by atoms with Crippen LogP contribution in [0, 0.1) is 5.41 Å². The Bertz CT molecular complexity index is 545. The van der Waals surface area contributed by atoms with Crippen LogP contribution in [0.15, 0.2) is 33.9 Å². The van der Waals surface area contributed by atoms with E-state index in [9.17, 15) is 0 Å². The van der Waals surface area contributed by atoms with Crippen molar-refractivity contribution in [3.8, 4) is 0 Å². The van der Waals surface area contributed by atoms with Crippen LogP contribution in [-0.2, 0) is 0 Å². The topological polar surface area (TPSA) is 52.0 Å². The molecule has 102 valence electrons. The molecule has 1 aliphatic carbocycles. The van der Waals surface area contributed by atoms with Gasteiger partial charge in [0, 0.05) is 11.3 Å². The van der Waals surface area contributed by atoms with Gasteiger partial charge < -0.3 is 10.2 Å². The number of nitrogens with two attached hydrogens (primary N) is 1. The molecule has 1 aromatic carbocycles. The van der Waals surface area contributed by atoms with Gasteiger partial charge in [0.1, 0.15) is 5.52 Å². The Morgan fingerprint density at radius 3 is 2.95 bits per heavy atom. The summed E-state index contributed by atoms with van der Waals surface area (Å²) in [5, 5.41) is 1.15. The highest BCUT2D eigenvalue weighted by molar-refractivity contribution is 7.99. The summed E-state index contributed by atoms with van der Waals surface area (Å²) in [6.45, 7) is 4.64. The van der Waals surface area contributed by atoms with Crippen LogP contribution in [0.25, 0.3) is 11.1 Å². The fourth-order valence-corrected chi connectivity index (χ4v) is 4.09. The lowest BCUT2D eigenvalue weighted by Gasteiger charge is -2.38. The number of fused-ring (bicyclic) bond motifs is 1. The highest BCUT2D eigenvalue weighted by Gasteiger charge is 2.34. The first-order valence-electron chi connectivity index (χ1n) is 6.81. The molecule has 2 N–H and O–H groups in total. The Morgan fingerprint density at radius 1 is 1.37 bits per heavy atom. The van der Waals surface area contributed by atoms with Gasteiger partial charge in [0.05, 0.1) is 0 Å². The molecule has 0 aliphatic heterocycles. The number of thioether (sulfide) groups is 1. The van der Waals surface area contributed by atoms with Gasteiger partial charge in [0.25, 0.3) is 5.22 Å². The van der Waals surface area contributed by atoms with Crippen LogP contribution >= 0.6 is 11.8 Å². The van der Waals surface area contributed by atoms with Crippen molar-refractivity contribution in [1.29, 1.82) is 0 Å². The lowest BCUT2D eigenvalue weighted by Crippen LogP contribution is -2.41. The molecule has 1 aromatic heterocycles. The molecule has 1 fully saturated rings. The second-order valence-corrected chi connectivity index (χ2v) is 7.37. The number of oxazole rings is 1. The summed E-state index contributed by atoms with van der Waals surface area (Å²) >= 11 is 1.70. The molecule has 3 rings (SSSR count). The summed E-state index contributed by atoms with van der Waals surface area (Å²) in [5.74, 6) is 0. The summed E-state index contributed by atoms with van der Waals surface area (Å²) in [6.07, 6.45) is 3.42. The Kier molecular flexibility index (Phi) is 3.31. The average molecular weight is 276 g/mol. The van der Waals surface area contributed by atoms with E-state index in [0.29, 0.717) is 10.7 Å². The molecule has 19 heavy (non-hydrogen) atoms. The van der Waals surface area contributed by atoms with Gasteiger partial charge in [-0.1, -0.05) is 37.7 Å². The minimum atomic E-state index is 0.244. The van der Waals surface area contributed by atoms with E-state index >= 15 is 0 Å². The van der Waals surface area contributed by atoms with Gasteiger partial charge >= 0.3 is 0 Å². The van der Waals surface area contributed by atoms with Crippen molar-refractivity contribution in [3.63, 3.8) is 0 Å². The molecule has 0 radical (unpaired) electrons. The zero-order valence-electron chi connectivity index (χ0n) is 11.4. The molecular formula is C15H20N2OS. The van der Waals surface area contributed by atoms with E-state index in [4.69, 9.17) is 10.2 Å². The first kappa shape index (κ1) is 13.0. The van der Waals surface area contributed by atoms with E-state index in [0.717, 1.165) is 29.2 Å². The molecule has 2 atom stereocenters. The van der Waals surface area contributed by atoms with E-state index in [1.807, 2.05) is 24.3 Å². The van der Waals surface area contributed by atoms with Crippen LogP contribution in [0.3, 0.4) is 0 Å². The third-order valence-electron chi connectivity index (χ3n) is 3.91. The van der Waals surface area contributed by atoms with Crippen molar-refractivity contribution in [2.24, 2.45) is 11.1 Å². The molecule has 0 spiro atoms. The van der Waals surface area contributed by atoms with Crippen LogP contribution in [0.1, 0.15) is 33.1 Å². The Balaban J connectivity index is 1.79.